The van der Waals surface area contributed by atoms with Crippen LogP contribution in [0.25, 0.3) is 0 Å². The molecule has 0 rings (SSSR count). The van der Waals surface area contributed by atoms with Gasteiger partial charge in [-0.05, 0) is 0 Å². The molecule has 0 aromatic rings. The smallest absolute Gasteiger partial charge is 0.191 e. The standard InChI is InChI=1S/C6H14Cl2NO.ClH/c1-9(2,3)6(8)5(10)4-7;/h5-6,10H,4H2,1-3H3;1H/q+1;/p-1. The summed E-state index contributed by atoms with van der Waals surface area (Å²) >= 11 is 11.3. The Hall–Kier alpha value is 0.790. The fourth-order valence-corrected chi connectivity index (χ4v) is 0.939. The highest BCUT2D eigenvalue weighted by molar-refractivity contribution is 6.22. The van der Waals surface area contributed by atoms with Gasteiger partial charge in [-0.1, -0.05) is 11.6 Å². The third kappa shape index (κ3) is 5.10. The van der Waals surface area contributed by atoms with Crippen molar-refractivity contribution in [2.45, 2.75) is 11.6 Å². The lowest BCUT2D eigenvalue weighted by Crippen LogP contribution is -3.00. The molecule has 5 heteroatoms. The minimum atomic E-state index is -0.636. The van der Waals surface area contributed by atoms with Crippen molar-refractivity contribution in [3.05, 3.63) is 0 Å². The molecule has 0 aliphatic heterocycles. The molecule has 0 radical (unpaired) electrons. The molecule has 2 unspecified atom stereocenters. The Balaban J connectivity index is 0. The van der Waals surface area contributed by atoms with Crippen molar-refractivity contribution in [2.24, 2.45) is 0 Å². The maximum atomic E-state index is 9.18. The van der Waals surface area contributed by atoms with Gasteiger partial charge in [0.2, 0.25) is 0 Å². The van der Waals surface area contributed by atoms with Gasteiger partial charge in [0.15, 0.2) is 5.50 Å². The SMILES string of the molecule is C[N+](C)(C)C(Cl)C(O)CCl.[Cl-]. The summed E-state index contributed by atoms with van der Waals surface area (Å²) in [5.41, 5.74) is -0.336. The Morgan fingerprint density at radius 1 is 1.36 bits per heavy atom. The van der Waals surface area contributed by atoms with Crippen molar-refractivity contribution in [3.8, 4) is 0 Å². The number of aliphatic hydroxyl groups is 1. The third-order valence-electron chi connectivity index (χ3n) is 1.22. The highest BCUT2D eigenvalue weighted by Gasteiger charge is 2.28. The number of nitrogens with zero attached hydrogens (tertiary/aromatic N) is 1. The molecular formula is C6H14Cl3NO. The van der Waals surface area contributed by atoms with Crippen molar-refractivity contribution in [2.75, 3.05) is 27.0 Å². The predicted molar refractivity (Wildman–Crippen MR) is 44.4 cm³/mol. The fourth-order valence-electron chi connectivity index (χ4n) is 0.590. The van der Waals surface area contributed by atoms with E-state index in [1.165, 1.54) is 0 Å². The second-order valence-corrected chi connectivity index (χ2v) is 3.97. The molecule has 0 aromatic carbocycles. The van der Waals surface area contributed by atoms with Gasteiger partial charge in [0.05, 0.1) is 27.0 Å². The van der Waals surface area contributed by atoms with E-state index in [9.17, 15) is 5.11 Å². The first kappa shape index (κ1) is 14.3. The van der Waals surface area contributed by atoms with Crippen molar-refractivity contribution in [1.29, 1.82) is 0 Å². The summed E-state index contributed by atoms with van der Waals surface area (Å²) in [7, 11) is 5.73. The lowest BCUT2D eigenvalue weighted by Gasteiger charge is -2.31. The number of hydrogen-bond donors (Lipinski definition) is 1. The largest absolute Gasteiger partial charge is 1.00 e. The molecule has 0 amide bonds. The third-order valence-corrected chi connectivity index (χ3v) is 2.41. The number of hydrogen-bond acceptors (Lipinski definition) is 1. The Bertz CT molecular complexity index is 104. The molecule has 0 spiro atoms. The molecule has 2 atom stereocenters. The molecule has 0 aliphatic rings. The molecule has 11 heavy (non-hydrogen) atoms. The first-order valence-electron chi connectivity index (χ1n) is 3.09. The molecule has 0 saturated heterocycles. The van der Waals surface area contributed by atoms with Gasteiger partial charge in [0.1, 0.15) is 6.10 Å². The topological polar surface area (TPSA) is 20.2 Å². The molecule has 70 valence electrons. The van der Waals surface area contributed by atoms with E-state index in [-0.39, 0.29) is 23.8 Å². The van der Waals surface area contributed by atoms with Gasteiger partial charge in [-0.3, -0.25) is 0 Å². The number of alkyl halides is 2. The van der Waals surface area contributed by atoms with Crippen LogP contribution in [0.15, 0.2) is 0 Å². The monoisotopic (exact) mass is 221 g/mol. The first-order chi connectivity index (χ1) is 4.39. The maximum absolute atomic E-state index is 9.18. The van der Waals surface area contributed by atoms with Gasteiger partial charge in [0, 0.05) is 0 Å². The van der Waals surface area contributed by atoms with Crippen molar-refractivity contribution in [1.82, 2.24) is 0 Å². The van der Waals surface area contributed by atoms with E-state index in [0.29, 0.717) is 4.48 Å². The maximum Gasteiger partial charge on any atom is 0.191 e. The molecule has 1 N–H and O–H groups in total. The van der Waals surface area contributed by atoms with Crippen LogP contribution >= 0.6 is 23.2 Å². The molecular weight excluding hydrogens is 208 g/mol. The number of halogens is 3. The molecule has 0 saturated carbocycles. The second-order valence-electron chi connectivity index (χ2n) is 3.21. The average molecular weight is 223 g/mol. The van der Waals surface area contributed by atoms with E-state index in [0.717, 1.165) is 0 Å². The summed E-state index contributed by atoms with van der Waals surface area (Å²) in [5, 5.41) is 9.18. The average Bonchev–Trinajstić information content (AvgIpc) is 1.83. The number of quaternary nitrogens is 1. The first-order valence-corrected chi connectivity index (χ1v) is 4.06. The summed E-state index contributed by atoms with van der Waals surface area (Å²) in [6.07, 6.45) is -0.636. The zero-order valence-corrected chi connectivity index (χ0v) is 9.16. The molecule has 0 aromatic heterocycles. The van der Waals surface area contributed by atoms with Crippen LogP contribution in [0, 0.1) is 0 Å². The van der Waals surface area contributed by atoms with Crippen LogP contribution in [0.4, 0.5) is 0 Å². The lowest BCUT2D eigenvalue weighted by atomic mass is 10.3. The van der Waals surface area contributed by atoms with E-state index in [1.807, 2.05) is 21.1 Å². The van der Waals surface area contributed by atoms with E-state index in [2.05, 4.69) is 0 Å². The Morgan fingerprint density at radius 3 is 1.82 bits per heavy atom. The van der Waals surface area contributed by atoms with Gasteiger partial charge >= 0.3 is 0 Å². The Morgan fingerprint density at radius 2 is 1.73 bits per heavy atom. The molecule has 0 aliphatic carbocycles. The Kier molecular flexibility index (Phi) is 7.08. The van der Waals surface area contributed by atoms with E-state index < -0.39 is 6.10 Å². The molecule has 0 bridgehead atoms. The Labute approximate surface area is 84.1 Å². The minimum Gasteiger partial charge on any atom is -1.00 e. The van der Waals surface area contributed by atoms with Crippen LogP contribution in [0.1, 0.15) is 0 Å². The van der Waals surface area contributed by atoms with E-state index in [4.69, 9.17) is 23.2 Å². The van der Waals surface area contributed by atoms with Gasteiger partial charge in [-0.15, -0.1) is 11.6 Å². The zero-order valence-electron chi connectivity index (χ0n) is 6.89. The van der Waals surface area contributed by atoms with E-state index in [1.54, 1.807) is 0 Å². The summed E-state index contributed by atoms with van der Waals surface area (Å²) in [6, 6.07) is 0. The summed E-state index contributed by atoms with van der Waals surface area (Å²) in [5.74, 6) is 0.184. The van der Waals surface area contributed by atoms with Crippen molar-refractivity contribution < 1.29 is 22.0 Å². The quantitative estimate of drug-likeness (QED) is 0.328. The zero-order chi connectivity index (χ0) is 8.36. The predicted octanol–water partition coefficient (Wildman–Crippen LogP) is -2.14. The van der Waals surface area contributed by atoms with Crippen LogP contribution in [0.3, 0.4) is 0 Å². The second kappa shape index (κ2) is 5.44. The van der Waals surface area contributed by atoms with Crippen molar-refractivity contribution >= 4 is 23.2 Å². The lowest BCUT2D eigenvalue weighted by molar-refractivity contribution is -0.885. The minimum absolute atomic E-state index is 0. The van der Waals surface area contributed by atoms with Crippen LogP contribution in [-0.2, 0) is 0 Å². The summed E-state index contributed by atoms with van der Waals surface area (Å²) in [4.78, 5) is 0. The van der Waals surface area contributed by atoms with Crippen molar-refractivity contribution in [3.63, 3.8) is 0 Å². The van der Waals surface area contributed by atoms with Gasteiger partial charge < -0.3 is 22.0 Å². The van der Waals surface area contributed by atoms with Crippen LogP contribution in [-0.4, -0.2) is 48.2 Å². The molecule has 0 fully saturated rings. The highest BCUT2D eigenvalue weighted by Crippen LogP contribution is 2.13. The van der Waals surface area contributed by atoms with Gasteiger partial charge in [-0.2, -0.15) is 0 Å². The highest BCUT2D eigenvalue weighted by atomic mass is 35.5. The van der Waals surface area contributed by atoms with Gasteiger partial charge in [-0.25, -0.2) is 0 Å². The summed E-state index contributed by atoms with van der Waals surface area (Å²) < 4.78 is 0.509. The number of aliphatic hydroxyl groups excluding tert-OH is 1. The number of likely N-dealkylation sites (N-methyl/N-ethyl adjacent to an activating group) is 1. The van der Waals surface area contributed by atoms with Crippen LogP contribution < -0.4 is 12.4 Å². The van der Waals surface area contributed by atoms with Crippen LogP contribution in [0.2, 0.25) is 0 Å². The molecule has 0 heterocycles. The van der Waals surface area contributed by atoms with Crippen LogP contribution in [0.5, 0.6) is 0 Å². The number of rotatable bonds is 3. The fraction of sp³-hybridized carbons (Fsp3) is 1.00. The molecule has 2 nitrogen and oxygen atoms in total. The summed E-state index contributed by atoms with van der Waals surface area (Å²) in [6.45, 7) is 0. The van der Waals surface area contributed by atoms with E-state index >= 15 is 0 Å². The normalized spacial score (nSPS) is 16.9. The van der Waals surface area contributed by atoms with Gasteiger partial charge in [0.25, 0.3) is 0 Å².